The van der Waals surface area contributed by atoms with Crippen LogP contribution in [0.3, 0.4) is 0 Å². The van der Waals surface area contributed by atoms with Gasteiger partial charge in [-0.15, -0.1) is 0 Å². The Morgan fingerprint density at radius 2 is 2.00 bits per heavy atom. The highest BCUT2D eigenvalue weighted by Crippen LogP contribution is 2.33. The molecule has 3 nitrogen and oxygen atoms in total. The Morgan fingerprint density at radius 1 is 1.40 bits per heavy atom. The highest BCUT2D eigenvalue weighted by molar-refractivity contribution is 7.51. The molecule has 0 aliphatic carbocycles. The normalized spacial score (nSPS) is 12.7. The van der Waals surface area contributed by atoms with Crippen LogP contribution in [0.5, 0.6) is 0 Å². The van der Waals surface area contributed by atoms with Gasteiger partial charge in [-0.3, -0.25) is 4.57 Å². The van der Waals surface area contributed by atoms with Crippen molar-refractivity contribution in [2.45, 2.75) is 19.8 Å². The summed E-state index contributed by atoms with van der Waals surface area (Å²) in [5.74, 6) is 0. The molecular formula is C6H13O3P. The lowest BCUT2D eigenvalue weighted by atomic mass is 10.3. The fraction of sp³-hybridized carbons (Fsp3) is 0.667. The molecule has 0 aliphatic heterocycles. The van der Waals surface area contributed by atoms with Crippen LogP contribution in [-0.4, -0.2) is 15.9 Å². The van der Waals surface area contributed by atoms with Crippen LogP contribution >= 0.6 is 7.60 Å². The highest BCUT2D eigenvalue weighted by atomic mass is 31.2. The fourth-order valence-electron chi connectivity index (χ4n) is 0.496. The molecule has 2 N–H and O–H groups in total. The van der Waals surface area contributed by atoms with Crippen molar-refractivity contribution in [1.82, 2.24) is 0 Å². The predicted octanol–water partition coefficient (Wildman–Crippen LogP) is 1.52. The number of allylic oxidation sites excluding steroid dienone is 2. The summed E-state index contributed by atoms with van der Waals surface area (Å²) in [5.41, 5.74) is 0. The van der Waals surface area contributed by atoms with Gasteiger partial charge in [0, 0.05) is 0 Å². The second-order valence-corrected chi connectivity index (χ2v) is 3.80. The minimum absolute atomic E-state index is 0.132. The molecule has 0 atom stereocenters. The van der Waals surface area contributed by atoms with Crippen molar-refractivity contribution in [3.8, 4) is 0 Å². The largest absolute Gasteiger partial charge is 0.329 e. The van der Waals surface area contributed by atoms with E-state index in [0.717, 1.165) is 12.8 Å². The SMILES string of the molecule is CCCC=CCP(=O)(O)O. The third-order valence-electron chi connectivity index (χ3n) is 0.965. The first kappa shape index (κ1) is 9.89. The molecule has 10 heavy (non-hydrogen) atoms. The van der Waals surface area contributed by atoms with Gasteiger partial charge in [0.15, 0.2) is 0 Å². The lowest BCUT2D eigenvalue weighted by Crippen LogP contribution is -1.80. The van der Waals surface area contributed by atoms with Crippen LogP contribution in [0.15, 0.2) is 12.2 Å². The maximum absolute atomic E-state index is 10.2. The average Bonchev–Trinajstić information content (AvgIpc) is 1.78. The summed E-state index contributed by atoms with van der Waals surface area (Å²) in [4.78, 5) is 16.8. The van der Waals surface area contributed by atoms with Crippen LogP contribution in [-0.2, 0) is 4.57 Å². The Balaban J connectivity index is 3.44. The Kier molecular flexibility index (Phi) is 4.62. The standard InChI is InChI=1S/C6H13O3P/c1-2-3-4-5-6-10(7,8)9/h4-5H,2-3,6H2,1H3,(H2,7,8,9). The van der Waals surface area contributed by atoms with Gasteiger partial charge in [-0.25, -0.2) is 0 Å². The summed E-state index contributed by atoms with van der Waals surface area (Å²) in [6, 6.07) is 0. The van der Waals surface area contributed by atoms with Crippen molar-refractivity contribution in [3.05, 3.63) is 12.2 Å². The summed E-state index contributed by atoms with van der Waals surface area (Å²) in [6.07, 6.45) is 5.09. The quantitative estimate of drug-likeness (QED) is 0.489. The molecular weight excluding hydrogens is 151 g/mol. The average molecular weight is 164 g/mol. The monoisotopic (exact) mass is 164 g/mol. The topological polar surface area (TPSA) is 57.5 Å². The molecule has 0 saturated carbocycles. The van der Waals surface area contributed by atoms with E-state index in [1.54, 1.807) is 6.08 Å². The third-order valence-corrected chi connectivity index (χ3v) is 1.65. The number of hydrogen-bond donors (Lipinski definition) is 2. The second kappa shape index (κ2) is 4.67. The Bertz CT molecular complexity index is 147. The molecule has 0 fully saturated rings. The van der Waals surface area contributed by atoms with E-state index in [1.807, 2.05) is 6.92 Å². The van der Waals surface area contributed by atoms with Gasteiger partial charge >= 0.3 is 7.60 Å². The second-order valence-electron chi connectivity index (χ2n) is 2.11. The van der Waals surface area contributed by atoms with Crippen molar-refractivity contribution in [2.24, 2.45) is 0 Å². The maximum Gasteiger partial charge on any atom is 0.329 e. The number of unbranched alkanes of at least 4 members (excludes halogenated alkanes) is 1. The molecule has 0 rings (SSSR count). The van der Waals surface area contributed by atoms with E-state index in [0.29, 0.717) is 0 Å². The van der Waals surface area contributed by atoms with Crippen molar-refractivity contribution in [1.29, 1.82) is 0 Å². The minimum atomic E-state index is -3.79. The molecule has 0 amide bonds. The van der Waals surface area contributed by atoms with Gasteiger partial charge < -0.3 is 9.79 Å². The summed E-state index contributed by atoms with van der Waals surface area (Å²) >= 11 is 0. The van der Waals surface area contributed by atoms with Gasteiger partial charge in [0.25, 0.3) is 0 Å². The number of hydrogen-bond acceptors (Lipinski definition) is 1. The van der Waals surface area contributed by atoms with Gasteiger partial charge in [-0.1, -0.05) is 25.5 Å². The van der Waals surface area contributed by atoms with Crippen LogP contribution in [0.1, 0.15) is 19.8 Å². The first-order valence-electron chi connectivity index (χ1n) is 3.26. The van der Waals surface area contributed by atoms with E-state index < -0.39 is 7.60 Å². The summed E-state index contributed by atoms with van der Waals surface area (Å²) < 4.78 is 10.2. The van der Waals surface area contributed by atoms with Gasteiger partial charge in [0.1, 0.15) is 0 Å². The van der Waals surface area contributed by atoms with E-state index in [4.69, 9.17) is 9.79 Å². The van der Waals surface area contributed by atoms with Gasteiger partial charge in [0.05, 0.1) is 6.16 Å². The molecule has 0 bridgehead atoms. The van der Waals surface area contributed by atoms with Crippen LogP contribution < -0.4 is 0 Å². The molecule has 4 heteroatoms. The van der Waals surface area contributed by atoms with E-state index in [-0.39, 0.29) is 6.16 Å². The van der Waals surface area contributed by atoms with Crippen LogP contribution in [0, 0.1) is 0 Å². The van der Waals surface area contributed by atoms with Gasteiger partial charge in [0.2, 0.25) is 0 Å². The van der Waals surface area contributed by atoms with Crippen molar-refractivity contribution >= 4 is 7.60 Å². The molecule has 0 unspecified atom stereocenters. The Hall–Kier alpha value is -0.110. The van der Waals surface area contributed by atoms with Crippen molar-refractivity contribution in [3.63, 3.8) is 0 Å². The van der Waals surface area contributed by atoms with E-state index in [9.17, 15) is 4.57 Å². The molecule has 0 heterocycles. The van der Waals surface area contributed by atoms with Crippen LogP contribution in [0.2, 0.25) is 0 Å². The third kappa shape index (κ3) is 7.89. The highest BCUT2D eigenvalue weighted by Gasteiger charge is 2.07. The van der Waals surface area contributed by atoms with Crippen LogP contribution in [0.4, 0.5) is 0 Å². The molecule has 60 valence electrons. The maximum atomic E-state index is 10.2. The van der Waals surface area contributed by atoms with Gasteiger partial charge in [-0.05, 0) is 6.42 Å². The summed E-state index contributed by atoms with van der Waals surface area (Å²) in [5, 5.41) is 0. The van der Waals surface area contributed by atoms with E-state index in [1.165, 1.54) is 6.08 Å². The zero-order valence-corrected chi connectivity index (χ0v) is 6.92. The van der Waals surface area contributed by atoms with Crippen LogP contribution in [0.25, 0.3) is 0 Å². The van der Waals surface area contributed by atoms with Crippen molar-refractivity contribution in [2.75, 3.05) is 6.16 Å². The Morgan fingerprint density at radius 3 is 2.40 bits per heavy atom. The molecule has 0 spiro atoms. The first-order chi connectivity index (χ1) is 4.56. The number of rotatable bonds is 4. The molecule has 0 aromatic carbocycles. The Labute approximate surface area is 60.9 Å². The zero-order chi connectivity index (χ0) is 8.04. The molecule has 0 aliphatic rings. The van der Waals surface area contributed by atoms with Crippen molar-refractivity contribution < 1.29 is 14.4 Å². The van der Waals surface area contributed by atoms with E-state index in [2.05, 4.69) is 0 Å². The lowest BCUT2D eigenvalue weighted by Gasteiger charge is -1.95. The molecule has 0 radical (unpaired) electrons. The summed E-state index contributed by atoms with van der Waals surface area (Å²) in [6.45, 7) is 2.02. The first-order valence-corrected chi connectivity index (χ1v) is 5.05. The molecule has 0 aromatic rings. The lowest BCUT2D eigenvalue weighted by molar-refractivity contribution is 0.377. The fourth-order valence-corrected chi connectivity index (χ4v) is 0.920. The summed E-state index contributed by atoms with van der Waals surface area (Å²) in [7, 11) is -3.79. The van der Waals surface area contributed by atoms with Gasteiger partial charge in [-0.2, -0.15) is 0 Å². The zero-order valence-electron chi connectivity index (χ0n) is 6.03. The minimum Gasteiger partial charge on any atom is -0.324 e. The molecule has 0 saturated heterocycles. The van der Waals surface area contributed by atoms with E-state index >= 15 is 0 Å². The smallest absolute Gasteiger partial charge is 0.324 e. The predicted molar refractivity (Wildman–Crippen MR) is 41.0 cm³/mol. The molecule has 0 aromatic heterocycles.